The summed E-state index contributed by atoms with van der Waals surface area (Å²) in [7, 11) is 0. The molecule has 1 aliphatic heterocycles. The molecule has 2 amide bonds. The van der Waals surface area contributed by atoms with Crippen molar-refractivity contribution in [1.82, 2.24) is 4.90 Å². The van der Waals surface area contributed by atoms with Crippen LogP contribution in [-0.2, 0) is 17.6 Å². The lowest BCUT2D eigenvalue weighted by atomic mass is 10.0. The number of anilines is 1. The van der Waals surface area contributed by atoms with Crippen molar-refractivity contribution in [2.24, 2.45) is 0 Å². The normalized spacial score (nSPS) is 13.1. The number of hydrogen-bond acceptors (Lipinski definition) is 2. The van der Waals surface area contributed by atoms with Gasteiger partial charge in [-0.15, -0.1) is 0 Å². The zero-order valence-electron chi connectivity index (χ0n) is 15.6. The number of hydrogen-bond donors (Lipinski definition) is 1. The molecule has 0 atom stereocenters. The van der Waals surface area contributed by atoms with Crippen LogP contribution < -0.4 is 5.32 Å². The Balaban J connectivity index is 1.71. The number of halogens is 1. The number of fused-ring (bicyclic) bond motifs is 1. The minimum atomic E-state index is -0.141. The van der Waals surface area contributed by atoms with E-state index >= 15 is 0 Å². The SMILES string of the molecule is C=C1c2ccccc2C(=O)N1CCC(=O)Nc1c(CC)ccc(Cl)c1CC. The van der Waals surface area contributed by atoms with Crippen LogP contribution in [0.15, 0.2) is 43.0 Å². The lowest BCUT2D eigenvalue weighted by Crippen LogP contribution is -2.27. The Labute approximate surface area is 164 Å². The van der Waals surface area contributed by atoms with Crippen LogP contribution in [0.25, 0.3) is 5.70 Å². The molecule has 0 unspecified atom stereocenters. The molecule has 3 rings (SSSR count). The molecule has 1 heterocycles. The molecule has 0 fully saturated rings. The van der Waals surface area contributed by atoms with Gasteiger partial charge in [-0.3, -0.25) is 9.59 Å². The molecule has 27 heavy (non-hydrogen) atoms. The molecule has 2 aromatic carbocycles. The van der Waals surface area contributed by atoms with E-state index in [1.165, 1.54) is 0 Å². The Morgan fingerprint density at radius 2 is 1.81 bits per heavy atom. The summed E-state index contributed by atoms with van der Waals surface area (Å²) in [6.07, 6.45) is 1.73. The predicted molar refractivity (Wildman–Crippen MR) is 110 cm³/mol. The van der Waals surface area contributed by atoms with Crippen molar-refractivity contribution in [1.29, 1.82) is 0 Å². The van der Waals surface area contributed by atoms with E-state index in [1.54, 1.807) is 11.0 Å². The zero-order chi connectivity index (χ0) is 19.6. The Morgan fingerprint density at radius 3 is 2.44 bits per heavy atom. The van der Waals surface area contributed by atoms with Crippen molar-refractivity contribution in [2.75, 3.05) is 11.9 Å². The fourth-order valence-electron chi connectivity index (χ4n) is 3.45. The van der Waals surface area contributed by atoms with Gasteiger partial charge in [0.1, 0.15) is 0 Å². The van der Waals surface area contributed by atoms with Gasteiger partial charge in [-0.1, -0.05) is 56.3 Å². The first kappa shape index (κ1) is 19.2. The van der Waals surface area contributed by atoms with Gasteiger partial charge >= 0.3 is 0 Å². The van der Waals surface area contributed by atoms with E-state index in [0.29, 0.717) is 22.8 Å². The summed E-state index contributed by atoms with van der Waals surface area (Å²) in [6, 6.07) is 11.2. The molecule has 0 aliphatic carbocycles. The Kier molecular flexibility index (Phi) is 5.66. The van der Waals surface area contributed by atoms with E-state index in [9.17, 15) is 9.59 Å². The Bertz CT molecular complexity index is 886. The highest BCUT2D eigenvalue weighted by Crippen LogP contribution is 2.32. The summed E-state index contributed by atoms with van der Waals surface area (Å²) in [5.41, 5.74) is 4.91. The van der Waals surface area contributed by atoms with Crippen molar-refractivity contribution in [2.45, 2.75) is 33.1 Å². The lowest BCUT2D eigenvalue weighted by molar-refractivity contribution is -0.116. The number of benzene rings is 2. The van der Waals surface area contributed by atoms with Gasteiger partial charge in [-0.05, 0) is 36.1 Å². The van der Waals surface area contributed by atoms with Crippen molar-refractivity contribution in [3.8, 4) is 0 Å². The van der Waals surface area contributed by atoms with Crippen LogP contribution in [0, 0.1) is 0 Å². The van der Waals surface area contributed by atoms with Gasteiger partial charge in [0.25, 0.3) is 5.91 Å². The molecule has 0 spiro atoms. The molecule has 0 radical (unpaired) electrons. The molecule has 4 nitrogen and oxygen atoms in total. The van der Waals surface area contributed by atoms with E-state index in [-0.39, 0.29) is 18.2 Å². The summed E-state index contributed by atoms with van der Waals surface area (Å²) < 4.78 is 0. The van der Waals surface area contributed by atoms with Crippen LogP contribution in [-0.4, -0.2) is 23.3 Å². The highest BCUT2D eigenvalue weighted by Gasteiger charge is 2.30. The molecule has 1 aliphatic rings. The van der Waals surface area contributed by atoms with Crippen LogP contribution in [0.4, 0.5) is 5.69 Å². The Hall–Kier alpha value is -2.59. The number of carbonyl (C=O) groups is 2. The second-order valence-electron chi connectivity index (χ2n) is 6.51. The van der Waals surface area contributed by atoms with Gasteiger partial charge in [0.2, 0.25) is 5.91 Å². The number of rotatable bonds is 6. The van der Waals surface area contributed by atoms with Gasteiger partial charge in [0.15, 0.2) is 0 Å². The Morgan fingerprint density at radius 1 is 1.11 bits per heavy atom. The van der Waals surface area contributed by atoms with Crippen molar-refractivity contribution in [3.63, 3.8) is 0 Å². The maximum absolute atomic E-state index is 12.6. The third-order valence-corrected chi connectivity index (χ3v) is 5.30. The smallest absolute Gasteiger partial charge is 0.258 e. The number of carbonyl (C=O) groups excluding carboxylic acids is 2. The average Bonchev–Trinajstić information content (AvgIpc) is 2.91. The number of nitrogens with zero attached hydrogens (tertiary/aromatic N) is 1. The second-order valence-corrected chi connectivity index (χ2v) is 6.92. The average molecular weight is 383 g/mol. The first-order chi connectivity index (χ1) is 13.0. The van der Waals surface area contributed by atoms with E-state index < -0.39 is 0 Å². The van der Waals surface area contributed by atoms with Crippen LogP contribution in [0.2, 0.25) is 5.02 Å². The molecular formula is C22H23ClN2O2. The van der Waals surface area contributed by atoms with Gasteiger partial charge in [-0.25, -0.2) is 0 Å². The minimum absolute atomic E-state index is 0.102. The first-order valence-electron chi connectivity index (χ1n) is 9.18. The number of nitrogens with one attached hydrogen (secondary N) is 1. The first-order valence-corrected chi connectivity index (χ1v) is 9.56. The van der Waals surface area contributed by atoms with E-state index in [2.05, 4.69) is 11.9 Å². The van der Waals surface area contributed by atoms with Crippen molar-refractivity contribution < 1.29 is 9.59 Å². The van der Waals surface area contributed by atoms with Crippen LogP contribution in [0.5, 0.6) is 0 Å². The molecular weight excluding hydrogens is 360 g/mol. The summed E-state index contributed by atoms with van der Waals surface area (Å²) in [4.78, 5) is 26.7. The topological polar surface area (TPSA) is 49.4 Å². The van der Waals surface area contributed by atoms with Crippen LogP contribution in [0.1, 0.15) is 47.3 Å². The van der Waals surface area contributed by atoms with Gasteiger partial charge < -0.3 is 10.2 Å². The molecule has 140 valence electrons. The van der Waals surface area contributed by atoms with E-state index in [4.69, 9.17) is 11.6 Å². The highest BCUT2D eigenvalue weighted by atomic mass is 35.5. The van der Waals surface area contributed by atoms with Gasteiger partial charge in [0, 0.05) is 40.5 Å². The highest BCUT2D eigenvalue weighted by molar-refractivity contribution is 6.32. The van der Waals surface area contributed by atoms with Crippen LogP contribution in [0.3, 0.4) is 0 Å². The summed E-state index contributed by atoms with van der Waals surface area (Å²) in [6.45, 7) is 8.36. The molecule has 0 bridgehead atoms. The van der Waals surface area contributed by atoms with Crippen LogP contribution >= 0.6 is 11.6 Å². The maximum Gasteiger partial charge on any atom is 0.258 e. The van der Waals surface area contributed by atoms with Gasteiger partial charge in [0.05, 0.1) is 0 Å². The van der Waals surface area contributed by atoms with E-state index in [1.807, 2.05) is 44.2 Å². The third-order valence-electron chi connectivity index (χ3n) is 4.94. The standard InChI is InChI=1S/C22H23ClN2O2/c1-4-15-10-11-19(23)16(5-2)21(15)24-20(26)12-13-25-14(3)17-8-6-7-9-18(17)22(25)27/h6-11H,3-5,12-13H2,1-2H3,(H,24,26). The lowest BCUT2D eigenvalue weighted by Gasteiger charge is -2.19. The molecule has 0 saturated heterocycles. The number of aryl methyl sites for hydroxylation is 1. The quantitative estimate of drug-likeness (QED) is 0.770. The second kappa shape index (κ2) is 7.97. The summed E-state index contributed by atoms with van der Waals surface area (Å²) >= 11 is 6.30. The maximum atomic E-state index is 12.6. The number of amides is 2. The van der Waals surface area contributed by atoms with Gasteiger partial charge in [-0.2, -0.15) is 0 Å². The molecule has 5 heteroatoms. The zero-order valence-corrected chi connectivity index (χ0v) is 16.4. The molecule has 0 aromatic heterocycles. The monoisotopic (exact) mass is 382 g/mol. The van der Waals surface area contributed by atoms with Crippen molar-refractivity contribution in [3.05, 3.63) is 70.3 Å². The molecule has 2 aromatic rings. The summed E-state index contributed by atoms with van der Waals surface area (Å²) in [5, 5.41) is 3.66. The largest absolute Gasteiger partial charge is 0.325 e. The molecule has 0 saturated carbocycles. The summed E-state index contributed by atoms with van der Waals surface area (Å²) in [5.74, 6) is -0.243. The van der Waals surface area contributed by atoms with Crippen molar-refractivity contribution >= 4 is 34.8 Å². The fraction of sp³-hybridized carbons (Fsp3) is 0.273. The third kappa shape index (κ3) is 3.62. The molecule has 1 N–H and O–H groups in total. The van der Waals surface area contributed by atoms with E-state index in [0.717, 1.165) is 35.2 Å². The predicted octanol–water partition coefficient (Wildman–Crippen LogP) is 4.92. The fourth-order valence-corrected chi connectivity index (χ4v) is 3.74. The minimum Gasteiger partial charge on any atom is -0.325 e.